The Morgan fingerprint density at radius 2 is 1.95 bits per heavy atom. The largest absolute Gasteiger partial charge is 0.384 e. The third-order valence-corrected chi connectivity index (χ3v) is 3.72. The molecule has 1 saturated heterocycles. The lowest BCUT2D eigenvalue weighted by molar-refractivity contribution is 0.160. The average molecular weight is 298 g/mol. The molecule has 0 radical (unpaired) electrons. The predicted octanol–water partition coefficient (Wildman–Crippen LogP) is 2.52. The minimum absolute atomic E-state index is 0.0539. The predicted molar refractivity (Wildman–Crippen MR) is 68.3 cm³/mol. The molecule has 2 aromatic rings. The highest BCUT2D eigenvalue weighted by Crippen LogP contribution is 2.31. The smallest absolute Gasteiger partial charge is 0.282 e. The molecule has 0 bridgehead atoms. The van der Waals surface area contributed by atoms with E-state index in [4.69, 9.17) is 4.52 Å². The topological polar surface area (TPSA) is 47.2 Å². The van der Waals surface area contributed by atoms with Gasteiger partial charge in [0.1, 0.15) is 12.1 Å². The number of halogens is 3. The summed E-state index contributed by atoms with van der Waals surface area (Å²) in [6, 6.07) is 1.95. The fourth-order valence-electron chi connectivity index (χ4n) is 2.70. The van der Waals surface area contributed by atoms with Gasteiger partial charge in [0.05, 0.1) is 6.04 Å². The van der Waals surface area contributed by atoms with Crippen LogP contribution >= 0.6 is 0 Å². The minimum Gasteiger partial charge on any atom is -0.384 e. The van der Waals surface area contributed by atoms with Gasteiger partial charge in [0, 0.05) is 23.7 Å². The normalized spacial score (nSPS) is 22.4. The Balaban J connectivity index is 1.88. The first-order valence-electron chi connectivity index (χ1n) is 6.60. The van der Waals surface area contributed by atoms with Crippen LogP contribution in [0.4, 0.5) is 13.2 Å². The van der Waals surface area contributed by atoms with Gasteiger partial charge in [-0.15, -0.1) is 0 Å². The lowest BCUT2D eigenvalue weighted by Gasteiger charge is -2.30. The third kappa shape index (κ3) is 2.61. The molecule has 4 nitrogen and oxygen atoms in total. The van der Waals surface area contributed by atoms with Gasteiger partial charge in [-0.25, -0.2) is 13.2 Å². The zero-order valence-corrected chi connectivity index (χ0v) is 11.0. The highest BCUT2D eigenvalue weighted by Gasteiger charge is 2.28. The summed E-state index contributed by atoms with van der Waals surface area (Å²) in [6.45, 7) is 0.515. The van der Waals surface area contributed by atoms with Gasteiger partial charge >= 0.3 is 0 Å². The summed E-state index contributed by atoms with van der Waals surface area (Å²) in [6.07, 6.45) is 2.28. The maximum absolute atomic E-state index is 13.8. The van der Waals surface area contributed by atoms with Gasteiger partial charge in [0.15, 0.2) is 11.6 Å². The van der Waals surface area contributed by atoms with E-state index in [1.54, 1.807) is 0 Å². The van der Waals surface area contributed by atoms with Crippen molar-refractivity contribution in [3.8, 4) is 0 Å². The summed E-state index contributed by atoms with van der Waals surface area (Å²) in [4.78, 5) is 11.6. The van der Waals surface area contributed by atoms with Crippen molar-refractivity contribution in [3.05, 3.63) is 57.8 Å². The SMILES string of the molecule is O=c1ccon1[C@H]1CCN[C@@H](c2cc(F)c(F)cc2F)C1. The number of nitrogens with zero attached hydrogens (tertiary/aromatic N) is 1. The van der Waals surface area contributed by atoms with Crippen LogP contribution in [0.5, 0.6) is 0 Å². The molecule has 112 valence electrons. The van der Waals surface area contributed by atoms with E-state index in [1.807, 2.05) is 0 Å². The van der Waals surface area contributed by atoms with Crippen molar-refractivity contribution in [1.29, 1.82) is 0 Å². The number of piperidine rings is 1. The Bertz CT molecular complexity index is 710. The molecule has 2 atom stereocenters. The Hall–Kier alpha value is -2.02. The third-order valence-electron chi connectivity index (χ3n) is 3.72. The zero-order valence-electron chi connectivity index (χ0n) is 11.0. The molecule has 7 heteroatoms. The Kier molecular flexibility index (Phi) is 3.59. The van der Waals surface area contributed by atoms with Gasteiger partial charge < -0.3 is 9.84 Å². The minimum atomic E-state index is -1.22. The summed E-state index contributed by atoms with van der Waals surface area (Å²) >= 11 is 0. The van der Waals surface area contributed by atoms with E-state index in [9.17, 15) is 18.0 Å². The highest BCUT2D eigenvalue weighted by atomic mass is 19.2. The molecular weight excluding hydrogens is 285 g/mol. The number of benzene rings is 1. The first kappa shape index (κ1) is 13.9. The number of rotatable bonds is 2. The van der Waals surface area contributed by atoms with Crippen molar-refractivity contribution in [1.82, 2.24) is 10.1 Å². The number of nitrogens with one attached hydrogen (secondary N) is 1. The van der Waals surface area contributed by atoms with Crippen molar-refractivity contribution in [2.45, 2.75) is 24.9 Å². The molecule has 0 amide bonds. The van der Waals surface area contributed by atoms with Crippen LogP contribution in [0.3, 0.4) is 0 Å². The Labute approximate surface area is 118 Å². The van der Waals surface area contributed by atoms with E-state index in [0.29, 0.717) is 25.5 Å². The van der Waals surface area contributed by atoms with Crippen molar-refractivity contribution in [2.24, 2.45) is 0 Å². The molecule has 1 aromatic heterocycles. The summed E-state index contributed by atoms with van der Waals surface area (Å²) < 4.78 is 46.5. The van der Waals surface area contributed by atoms with E-state index in [0.717, 1.165) is 6.07 Å². The van der Waals surface area contributed by atoms with Crippen LogP contribution in [-0.4, -0.2) is 11.3 Å². The molecule has 0 spiro atoms. The van der Waals surface area contributed by atoms with Crippen LogP contribution in [-0.2, 0) is 0 Å². The first-order valence-corrected chi connectivity index (χ1v) is 6.60. The number of hydrogen-bond acceptors (Lipinski definition) is 3. The number of hydrogen-bond donors (Lipinski definition) is 1. The molecule has 1 aromatic carbocycles. The van der Waals surface area contributed by atoms with Gasteiger partial charge in [-0.05, 0) is 25.5 Å². The van der Waals surface area contributed by atoms with Gasteiger partial charge in [0.25, 0.3) is 5.56 Å². The van der Waals surface area contributed by atoms with Crippen molar-refractivity contribution in [2.75, 3.05) is 6.54 Å². The Morgan fingerprint density at radius 1 is 1.19 bits per heavy atom. The van der Waals surface area contributed by atoms with Gasteiger partial charge in [0.2, 0.25) is 0 Å². The number of aromatic nitrogens is 1. The molecule has 1 fully saturated rings. The fraction of sp³-hybridized carbons (Fsp3) is 0.357. The molecule has 1 aliphatic rings. The molecule has 1 aliphatic heterocycles. The van der Waals surface area contributed by atoms with Crippen LogP contribution in [0.2, 0.25) is 0 Å². The fourth-order valence-corrected chi connectivity index (χ4v) is 2.70. The lowest BCUT2D eigenvalue weighted by atomic mass is 9.93. The molecule has 21 heavy (non-hydrogen) atoms. The first-order chi connectivity index (χ1) is 10.1. The molecule has 2 heterocycles. The molecule has 0 unspecified atom stereocenters. The van der Waals surface area contributed by atoms with Crippen LogP contribution in [0.25, 0.3) is 0 Å². The summed E-state index contributed by atoms with van der Waals surface area (Å²) in [5.41, 5.74) is -0.218. The van der Waals surface area contributed by atoms with Gasteiger partial charge in [-0.1, -0.05) is 0 Å². The average Bonchev–Trinajstić information content (AvgIpc) is 2.89. The molecular formula is C14H13F3N2O2. The molecule has 1 N–H and O–H groups in total. The van der Waals surface area contributed by atoms with Crippen LogP contribution < -0.4 is 10.9 Å². The second-order valence-corrected chi connectivity index (χ2v) is 5.04. The van der Waals surface area contributed by atoms with Crippen molar-refractivity contribution in [3.63, 3.8) is 0 Å². The second kappa shape index (κ2) is 5.40. The van der Waals surface area contributed by atoms with Crippen molar-refractivity contribution >= 4 is 0 Å². The standard InChI is InChI=1S/C14H13F3N2O2/c15-10-7-12(17)11(16)6-9(10)13-5-8(1-3-18-13)19-14(20)2-4-21-19/h2,4,6-8,13,18H,1,3,5H2/t8-,13+/m0/s1. The summed E-state index contributed by atoms with van der Waals surface area (Å²) in [7, 11) is 0. The van der Waals surface area contributed by atoms with Crippen LogP contribution in [0.1, 0.15) is 30.5 Å². The second-order valence-electron chi connectivity index (χ2n) is 5.04. The summed E-state index contributed by atoms with van der Waals surface area (Å²) in [5, 5.41) is 3.05. The Morgan fingerprint density at radius 3 is 2.67 bits per heavy atom. The summed E-state index contributed by atoms with van der Waals surface area (Å²) in [5.74, 6) is -3.12. The van der Waals surface area contributed by atoms with Gasteiger partial charge in [-0.3, -0.25) is 4.79 Å². The van der Waals surface area contributed by atoms with E-state index < -0.39 is 23.5 Å². The van der Waals surface area contributed by atoms with Gasteiger partial charge in [-0.2, -0.15) is 4.74 Å². The maximum atomic E-state index is 13.8. The van der Waals surface area contributed by atoms with Crippen LogP contribution in [0.15, 0.2) is 33.8 Å². The van der Waals surface area contributed by atoms with E-state index in [1.165, 1.54) is 17.1 Å². The zero-order chi connectivity index (χ0) is 15.0. The van der Waals surface area contributed by atoms with E-state index >= 15 is 0 Å². The monoisotopic (exact) mass is 298 g/mol. The van der Waals surface area contributed by atoms with Crippen LogP contribution in [0, 0.1) is 17.5 Å². The maximum Gasteiger partial charge on any atom is 0.282 e. The quantitative estimate of drug-likeness (QED) is 0.867. The molecule has 0 aliphatic carbocycles. The molecule has 3 rings (SSSR count). The van der Waals surface area contributed by atoms with E-state index in [-0.39, 0.29) is 17.2 Å². The lowest BCUT2D eigenvalue weighted by Crippen LogP contribution is -2.35. The van der Waals surface area contributed by atoms with Crippen molar-refractivity contribution < 1.29 is 17.7 Å². The molecule has 0 saturated carbocycles. The van der Waals surface area contributed by atoms with E-state index in [2.05, 4.69) is 5.32 Å². The highest BCUT2D eigenvalue weighted by molar-refractivity contribution is 5.24.